The number of rotatable bonds is 4. The summed E-state index contributed by atoms with van der Waals surface area (Å²) in [5.41, 5.74) is 5.75. The number of aliphatic hydroxyl groups excluding tert-OH is 1. The highest BCUT2D eigenvalue weighted by Crippen LogP contribution is 2.20. The number of amides is 1. The Hall–Kier alpha value is -1.55. The maximum absolute atomic E-state index is 10.6. The topological polar surface area (TPSA) is 72.6 Å². The first-order valence-electron chi connectivity index (χ1n) is 4.36. The zero-order valence-electron chi connectivity index (χ0n) is 7.72. The molecule has 0 radical (unpaired) electrons. The highest BCUT2D eigenvalue weighted by Gasteiger charge is 2.13. The summed E-state index contributed by atoms with van der Waals surface area (Å²) < 4.78 is 4.86. The van der Waals surface area contributed by atoms with Crippen molar-refractivity contribution in [2.75, 3.05) is 6.61 Å². The molecule has 76 valence electrons. The van der Waals surface area contributed by atoms with Crippen molar-refractivity contribution in [3.05, 3.63) is 35.9 Å². The molecule has 1 aromatic carbocycles. The first-order chi connectivity index (χ1) is 6.74. The molecule has 0 fully saturated rings. The van der Waals surface area contributed by atoms with Gasteiger partial charge in [0, 0.05) is 13.0 Å². The Morgan fingerprint density at radius 1 is 1.43 bits per heavy atom. The second kappa shape index (κ2) is 5.24. The standard InChI is InChI=1S/C10H13NO3/c11-10(13)14-9(6-7-12)8-4-2-1-3-5-8/h1-5,9,12H,6-7H2,(H2,11,13). The van der Waals surface area contributed by atoms with Gasteiger partial charge in [-0.25, -0.2) is 4.79 Å². The molecule has 0 spiro atoms. The fourth-order valence-corrected chi connectivity index (χ4v) is 1.22. The van der Waals surface area contributed by atoms with Crippen molar-refractivity contribution >= 4 is 6.09 Å². The molecule has 1 amide bonds. The van der Waals surface area contributed by atoms with Gasteiger partial charge in [0.15, 0.2) is 0 Å². The second-order valence-electron chi connectivity index (χ2n) is 2.85. The normalized spacial score (nSPS) is 12.1. The molecule has 1 unspecified atom stereocenters. The molecule has 0 heterocycles. The van der Waals surface area contributed by atoms with Crippen LogP contribution in [0, 0.1) is 0 Å². The first kappa shape index (κ1) is 10.5. The predicted octanol–water partition coefficient (Wildman–Crippen LogP) is 1.21. The minimum Gasteiger partial charge on any atom is -0.441 e. The van der Waals surface area contributed by atoms with Crippen molar-refractivity contribution in [2.24, 2.45) is 5.73 Å². The van der Waals surface area contributed by atoms with E-state index in [4.69, 9.17) is 15.6 Å². The lowest BCUT2D eigenvalue weighted by Gasteiger charge is -2.15. The molecule has 14 heavy (non-hydrogen) atoms. The van der Waals surface area contributed by atoms with E-state index in [1.807, 2.05) is 30.3 Å². The van der Waals surface area contributed by atoms with Crippen LogP contribution in [0.1, 0.15) is 18.1 Å². The van der Waals surface area contributed by atoms with E-state index in [-0.39, 0.29) is 6.61 Å². The predicted molar refractivity (Wildman–Crippen MR) is 51.6 cm³/mol. The summed E-state index contributed by atoms with van der Waals surface area (Å²) in [6.07, 6.45) is -0.932. The third kappa shape index (κ3) is 3.06. The number of carbonyl (C=O) groups excluding carboxylic acids is 1. The summed E-state index contributed by atoms with van der Waals surface area (Å²) in [5, 5.41) is 8.78. The van der Waals surface area contributed by atoms with E-state index >= 15 is 0 Å². The van der Waals surface area contributed by atoms with E-state index < -0.39 is 12.2 Å². The molecule has 1 atom stereocenters. The van der Waals surface area contributed by atoms with E-state index in [1.165, 1.54) is 0 Å². The molecule has 0 aliphatic rings. The number of ether oxygens (including phenoxy) is 1. The molecule has 1 rings (SSSR count). The lowest BCUT2D eigenvalue weighted by Crippen LogP contribution is -2.18. The van der Waals surface area contributed by atoms with Gasteiger partial charge in [0.2, 0.25) is 0 Å². The van der Waals surface area contributed by atoms with E-state index in [1.54, 1.807) is 0 Å². The molecule has 1 aromatic rings. The summed E-state index contributed by atoms with van der Waals surface area (Å²) in [6, 6.07) is 9.18. The lowest BCUT2D eigenvalue weighted by molar-refractivity contribution is 0.0877. The van der Waals surface area contributed by atoms with Crippen LogP contribution in [0.4, 0.5) is 4.79 Å². The zero-order chi connectivity index (χ0) is 10.4. The highest BCUT2D eigenvalue weighted by molar-refractivity contribution is 5.65. The Morgan fingerprint density at radius 3 is 2.57 bits per heavy atom. The van der Waals surface area contributed by atoms with Crippen LogP contribution in [0.25, 0.3) is 0 Å². The summed E-state index contributed by atoms with van der Waals surface area (Å²) >= 11 is 0. The van der Waals surface area contributed by atoms with Crippen LogP contribution in [0.15, 0.2) is 30.3 Å². The fourth-order valence-electron chi connectivity index (χ4n) is 1.22. The van der Waals surface area contributed by atoms with Gasteiger partial charge in [-0.05, 0) is 5.56 Å². The van der Waals surface area contributed by atoms with Crippen molar-refractivity contribution in [1.29, 1.82) is 0 Å². The van der Waals surface area contributed by atoms with Gasteiger partial charge in [0.05, 0.1) is 0 Å². The van der Waals surface area contributed by atoms with Crippen LogP contribution in [0.3, 0.4) is 0 Å². The quantitative estimate of drug-likeness (QED) is 0.758. The van der Waals surface area contributed by atoms with Crippen LogP contribution in [-0.4, -0.2) is 17.8 Å². The number of benzene rings is 1. The zero-order valence-corrected chi connectivity index (χ0v) is 7.72. The van der Waals surface area contributed by atoms with Gasteiger partial charge in [0.25, 0.3) is 0 Å². The molecule has 0 aliphatic heterocycles. The molecule has 3 N–H and O–H groups in total. The third-order valence-corrected chi connectivity index (χ3v) is 1.82. The van der Waals surface area contributed by atoms with Crippen molar-refractivity contribution in [2.45, 2.75) is 12.5 Å². The number of carbonyl (C=O) groups is 1. The van der Waals surface area contributed by atoms with Crippen LogP contribution >= 0.6 is 0 Å². The van der Waals surface area contributed by atoms with Gasteiger partial charge >= 0.3 is 6.09 Å². The average Bonchev–Trinajstić information content (AvgIpc) is 2.18. The first-order valence-corrected chi connectivity index (χ1v) is 4.36. The molecule has 0 saturated heterocycles. The highest BCUT2D eigenvalue weighted by atomic mass is 16.6. The second-order valence-corrected chi connectivity index (χ2v) is 2.85. The van der Waals surface area contributed by atoms with Gasteiger partial charge in [-0.2, -0.15) is 0 Å². The summed E-state index contributed by atoms with van der Waals surface area (Å²) in [6.45, 7) is -0.0488. The van der Waals surface area contributed by atoms with Crippen LogP contribution in [-0.2, 0) is 4.74 Å². The molecular weight excluding hydrogens is 182 g/mol. The monoisotopic (exact) mass is 195 g/mol. The van der Waals surface area contributed by atoms with Crippen molar-refractivity contribution in [3.8, 4) is 0 Å². The van der Waals surface area contributed by atoms with Crippen molar-refractivity contribution in [1.82, 2.24) is 0 Å². The molecule has 0 aliphatic carbocycles. The molecule has 0 saturated carbocycles. The minimum atomic E-state index is -0.827. The Bertz CT molecular complexity index is 287. The van der Waals surface area contributed by atoms with Crippen molar-refractivity contribution < 1.29 is 14.6 Å². The van der Waals surface area contributed by atoms with Gasteiger partial charge in [-0.3, -0.25) is 0 Å². The van der Waals surface area contributed by atoms with Gasteiger partial charge in [-0.15, -0.1) is 0 Å². The fraction of sp³-hybridized carbons (Fsp3) is 0.300. The van der Waals surface area contributed by atoms with Crippen LogP contribution < -0.4 is 5.73 Å². The Morgan fingerprint density at radius 2 is 2.07 bits per heavy atom. The molecule has 4 nitrogen and oxygen atoms in total. The summed E-state index contributed by atoms with van der Waals surface area (Å²) in [4.78, 5) is 10.6. The van der Waals surface area contributed by atoms with E-state index in [0.29, 0.717) is 6.42 Å². The van der Waals surface area contributed by atoms with Crippen molar-refractivity contribution in [3.63, 3.8) is 0 Å². The SMILES string of the molecule is NC(=O)OC(CCO)c1ccccc1. The number of hydrogen-bond acceptors (Lipinski definition) is 3. The van der Waals surface area contributed by atoms with E-state index in [9.17, 15) is 4.79 Å². The van der Waals surface area contributed by atoms with Gasteiger partial charge in [0.1, 0.15) is 6.10 Å². The smallest absolute Gasteiger partial charge is 0.405 e. The number of hydrogen-bond donors (Lipinski definition) is 2. The molecule has 4 heteroatoms. The van der Waals surface area contributed by atoms with E-state index in [0.717, 1.165) is 5.56 Å². The molecule has 0 aromatic heterocycles. The van der Waals surface area contributed by atoms with E-state index in [2.05, 4.69) is 0 Å². The maximum Gasteiger partial charge on any atom is 0.405 e. The summed E-state index contributed by atoms with van der Waals surface area (Å²) in [7, 11) is 0. The minimum absolute atomic E-state index is 0.0488. The summed E-state index contributed by atoms with van der Waals surface area (Å²) in [5.74, 6) is 0. The largest absolute Gasteiger partial charge is 0.441 e. The maximum atomic E-state index is 10.6. The number of aliphatic hydroxyl groups is 1. The van der Waals surface area contributed by atoms with Gasteiger partial charge in [-0.1, -0.05) is 30.3 Å². The average molecular weight is 195 g/mol. The third-order valence-electron chi connectivity index (χ3n) is 1.82. The number of nitrogens with two attached hydrogens (primary N) is 1. The Kier molecular flexibility index (Phi) is 3.94. The number of primary amides is 1. The Labute approximate surface area is 82.3 Å². The molecule has 0 bridgehead atoms. The van der Waals surface area contributed by atoms with Gasteiger partial charge < -0.3 is 15.6 Å². The lowest BCUT2D eigenvalue weighted by atomic mass is 10.1. The molecular formula is C10H13NO3. The van der Waals surface area contributed by atoms with Crippen LogP contribution in [0.5, 0.6) is 0 Å². The Balaban J connectivity index is 2.72. The van der Waals surface area contributed by atoms with Crippen LogP contribution in [0.2, 0.25) is 0 Å².